The molecule has 164 valence electrons. The van der Waals surface area contributed by atoms with E-state index in [-0.39, 0.29) is 12.4 Å². The number of carboxylic acids is 1. The fraction of sp³-hybridized carbons (Fsp3) is 0.391. The van der Waals surface area contributed by atoms with Gasteiger partial charge in [0, 0.05) is 32.2 Å². The van der Waals surface area contributed by atoms with E-state index in [4.69, 9.17) is 14.8 Å². The van der Waals surface area contributed by atoms with Gasteiger partial charge < -0.3 is 14.7 Å². The van der Waals surface area contributed by atoms with Crippen LogP contribution in [0, 0.1) is 5.82 Å². The van der Waals surface area contributed by atoms with Gasteiger partial charge in [0.25, 0.3) is 0 Å². The molecule has 3 aromatic rings. The molecular weight excluding hydrogens is 417 g/mol. The van der Waals surface area contributed by atoms with Gasteiger partial charge in [-0.25, -0.2) is 14.2 Å². The Bertz CT molecular complexity index is 1060. The predicted molar refractivity (Wildman–Crippen MR) is 120 cm³/mol. The van der Waals surface area contributed by atoms with Crippen LogP contribution in [0.25, 0.3) is 10.2 Å². The standard InChI is InChI=1S/C23H26FN3O3S/c1-2-4-18-14-26(13-16-5-3-6-19(11-16)30-15-22(28)29)9-10-27(18)23-25-20-8-7-17(24)12-21(20)31-23/h3,5-8,11-12,18H,2,4,9-10,13-15H2,1H3,(H,28,29)/t18-/m1/s1. The van der Waals surface area contributed by atoms with Gasteiger partial charge in [-0.2, -0.15) is 0 Å². The molecule has 0 aliphatic carbocycles. The minimum absolute atomic E-state index is 0.229. The molecule has 0 bridgehead atoms. The van der Waals surface area contributed by atoms with Gasteiger partial charge in [-0.1, -0.05) is 36.8 Å². The van der Waals surface area contributed by atoms with Crippen LogP contribution in [0.3, 0.4) is 0 Å². The summed E-state index contributed by atoms with van der Waals surface area (Å²) in [6.07, 6.45) is 2.13. The summed E-state index contributed by atoms with van der Waals surface area (Å²) in [4.78, 5) is 20.3. The molecule has 6 nitrogen and oxygen atoms in total. The van der Waals surface area contributed by atoms with Crippen molar-refractivity contribution in [1.82, 2.24) is 9.88 Å². The summed E-state index contributed by atoms with van der Waals surface area (Å²) < 4.78 is 19.8. The molecule has 8 heteroatoms. The van der Waals surface area contributed by atoms with Crippen molar-refractivity contribution >= 4 is 32.7 Å². The summed E-state index contributed by atoms with van der Waals surface area (Å²) in [5.41, 5.74) is 1.94. The Morgan fingerprint density at radius 3 is 2.97 bits per heavy atom. The summed E-state index contributed by atoms with van der Waals surface area (Å²) in [7, 11) is 0. The van der Waals surface area contributed by atoms with Gasteiger partial charge in [0.15, 0.2) is 11.7 Å². The number of hydrogen-bond acceptors (Lipinski definition) is 6. The number of hydrogen-bond donors (Lipinski definition) is 1. The fourth-order valence-electron chi connectivity index (χ4n) is 4.04. The predicted octanol–water partition coefficient (Wildman–Crippen LogP) is 4.39. The summed E-state index contributed by atoms with van der Waals surface area (Å²) >= 11 is 1.55. The van der Waals surface area contributed by atoms with Crippen LogP contribution >= 0.6 is 11.3 Å². The van der Waals surface area contributed by atoms with Crippen molar-refractivity contribution in [3.63, 3.8) is 0 Å². The van der Waals surface area contributed by atoms with Crippen LogP contribution in [-0.4, -0.2) is 53.2 Å². The SMILES string of the molecule is CCC[C@@H]1CN(Cc2cccc(OCC(=O)O)c2)CCN1c1nc2ccc(F)cc2s1. The van der Waals surface area contributed by atoms with Gasteiger partial charge >= 0.3 is 5.97 Å². The summed E-state index contributed by atoms with van der Waals surface area (Å²) in [5, 5.41) is 9.76. The highest BCUT2D eigenvalue weighted by molar-refractivity contribution is 7.22. The highest BCUT2D eigenvalue weighted by Gasteiger charge is 2.28. The molecule has 1 aromatic heterocycles. The van der Waals surface area contributed by atoms with Crippen LogP contribution in [-0.2, 0) is 11.3 Å². The third kappa shape index (κ3) is 5.32. The van der Waals surface area contributed by atoms with Gasteiger partial charge in [-0.3, -0.25) is 4.90 Å². The molecular formula is C23H26FN3O3S. The van der Waals surface area contributed by atoms with Gasteiger partial charge in [0.2, 0.25) is 0 Å². The van der Waals surface area contributed by atoms with Crippen molar-refractivity contribution in [3.05, 3.63) is 53.8 Å². The Morgan fingerprint density at radius 1 is 1.29 bits per heavy atom. The molecule has 1 atom stereocenters. The lowest BCUT2D eigenvalue weighted by atomic mass is 10.1. The number of carbonyl (C=O) groups is 1. The zero-order valence-electron chi connectivity index (χ0n) is 17.5. The summed E-state index contributed by atoms with van der Waals surface area (Å²) in [6.45, 7) is 5.30. The summed E-state index contributed by atoms with van der Waals surface area (Å²) in [5.74, 6) is -0.640. The van der Waals surface area contributed by atoms with Crippen LogP contribution in [0.4, 0.5) is 9.52 Å². The number of rotatable bonds is 8. The maximum Gasteiger partial charge on any atom is 0.341 e. The number of benzene rings is 2. The number of anilines is 1. The molecule has 1 saturated heterocycles. The van der Waals surface area contributed by atoms with E-state index in [2.05, 4.69) is 16.7 Å². The molecule has 0 amide bonds. The lowest BCUT2D eigenvalue weighted by Crippen LogP contribution is -2.52. The van der Waals surface area contributed by atoms with E-state index in [0.717, 1.165) is 59.9 Å². The second-order valence-corrected chi connectivity index (χ2v) is 8.82. The molecule has 2 heterocycles. The van der Waals surface area contributed by atoms with Crippen molar-refractivity contribution in [2.75, 3.05) is 31.1 Å². The smallest absolute Gasteiger partial charge is 0.341 e. The minimum atomic E-state index is -0.985. The highest BCUT2D eigenvalue weighted by atomic mass is 32.1. The molecule has 1 fully saturated rings. The molecule has 31 heavy (non-hydrogen) atoms. The van der Waals surface area contributed by atoms with Gasteiger partial charge in [-0.15, -0.1) is 0 Å². The van der Waals surface area contributed by atoms with E-state index < -0.39 is 5.97 Å². The van der Waals surface area contributed by atoms with Crippen molar-refractivity contribution < 1.29 is 19.0 Å². The monoisotopic (exact) mass is 443 g/mol. The van der Waals surface area contributed by atoms with Crippen molar-refractivity contribution in [3.8, 4) is 5.75 Å². The molecule has 1 aliphatic heterocycles. The quantitative estimate of drug-likeness (QED) is 0.557. The molecule has 0 spiro atoms. The lowest BCUT2D eigenvalue weighted by molar-refractivity contribution is -0.139. The molecule has 1 aliphatic rings. The van der Waals surface area contributed by atoms with E-state index >= 15 is 0 Å². The van der Waals surface area contributed by atoms with E-state index in [1.807, 2.05) is 18.2 Å². The zero-order valence-corrected chi connectivity index (χ0v) is 18.3. The first-order valence-corrected chi connectivity index (χ1v) is 11.3. The van der Waals surface area contributed by atoms with Crippen LogP contribution in [0.5, 0.6) is 5.75 Å². The Morgan fingerprint density at radius 2 is 2.16 bits per heavy atom. The highest BCUT2D eigenvalue weighted by Crippen LogP contribution is 2.32. The van der Waals surface area contributed by atoms with Crippen LogP contribution < -0.4 is 9.64 Å². The van der Waals surface area contributed by atoms with Crippen LogP contribution in [0.2, 0.25) is 0 Å². The molecule has 0 unspecified atom stereocenters. The Hall–Kier alpha value is -2.71. The van der Waals surface area contributed by atoms with Gasteiger partial charge in [-0.05, 0) is 42.3 Å². The molecule has 0 radical (unpaired) electrons. The van der Waals surface area contributed by atoms with Crippen LogP contribution in [0.1, 0.15) is 25.3 Å². The number of thiazole rings is 1. The molecule has 1 N–H and O–H groups in total. The van der Waals surface area contributed by atoms with E-state index in [0.29, 0.717) is 11.8 Å². The third-order valence-corrected chi connectivity index (χ3v) is 6.50. The second kappa shape index (κ2) is 9.62. The average molecular weight is 444 g/mol. The second-order valence-electron chi connectivity index (χ2n) is 7.81. The molecule has 0 saturated carbocycles. The molecule has 2 aromatic carbocycles. The largest absolute Gasteiger partial charge is 0.482 e. The number of piperazine rings is 1. The Kier molecular flexibility index (Phi) is 6.67. The maximum absolute atomic E-state index is 13.6. The first-order chi connectivity index (χ1) is 15.0. The van der Waals surface area contributed by atoms with Crippen molar-refractivity contribution in [1.29, 1.82) is 0 Å². The number of fused-ring (bicyclic) bond motifs is 1. The van der Waals surface area contributed by atoms with Crippen molar-refractivity contribution in [2.24, 2.45) is 0 Å². The van der Waals surface area contributed by atoms with Crippen molar-refractivity contribution in [2.45, 2.75) is 32.4 Å². The zero-order chi connectivity index (χ0) is 21.8. The number of halogens is 1. The number of aliphatic carboxylic acids is 1. The number of nitrogens with zero attached hydrogens (tertiary/aromatic N) is 3. The topological polar surface area (TPSA) is 65.9 Å². The number of carboxylic acid groups (broad SMARTS) is 1. The van der Waals surface area contributed by atoms with Crippen LogP contribution in [0.15, 0.2) is 42.5 Å². The summed E-state index contributed by atoms with van der Waals surface area (Å²) in [6, 6.07) is 12.7. The first-order valence-electron chi connectivity index (χ1n) is 10.5. The third-order valence-electron chi connectivity index (χ3n) is 5.44. The number of aromatic nitrogens is 1. The number of ether oxygens (including phenoxy) is 1. The van der Waals surface area contributed by atoms with Gasteiger partial charge in [0.1, 0.15) is 11.6 Å². The van der Waals surface area contributed by atoms with E-state index in [9.17, 15) is 9.18 Å². The first kappa shape index (κ1) is 21.5. The lowest BCUT2D eigenvalue weighted by Gasteiger charge is -2.41. The Labute approximate surface area is 184 Å². The van der Waals surface area contributed by atoms with E-state index in [1.54, 1.807) is 29.5 Å². The normalized spacial score (nSPS) is 17.2. The average Bonchev–Trinajstić information content (AvgIpc) is 3.16. The Balaban J connectivity index is 1.45. The minimum Gasteiger partial charge on any atom is -0.482 e. The maximum atomic E-state index is 13.6. The fourth-order valence-corrected chi connectivity index (χ4v) is 5.13. The molecule has 4 rings (SSSR count). The van der Waals surface area contributed by atoms with Gasteiger partial charge in [0.05, 0.1) is 10.2 Å². The van der Waals surface area contributed by atoms with E-state index in [1.165, 1.54) is 6.07 Å².